The number of rotatable bonds is 3. The lowest BCUT2D eigenvalue weighted by atomic mass is 9.99. The van der Waals surface area contributed by atoms with Crippen LogP contribution in [0.15, 0.2) is 36.4 Å². The maximum Gasteiger partial charge on any atom is 0.167 e. The first-order chi connectivity index (χ1) is 10.0. The predicted octanol–water partition coefficient (Wildman–Crippen LogP) is 3.71. The van der Waals surface area contributed by atoms with Crippen molar-refractivity contribution >= 4 is 5.78 Å². The van der Waals surface area contributed by atoms with E-state index in [9.17, 15) is 13.6 Å². The van der Waals surface area contributed by atoms with E-state index >= 15 is 0 Å². The number of carbonyl (C=O) groups excluding carboxylic acids is 1. The highest BCUT2D eigenvalue weighted by molar-refractivity contribution is 5.97. The molecule has 0 bridgehead atoms. The number of Topliss-reactive ketones (excluding diaryl/α,β-unsaturated/α-hetero) is 1. The summed E-state index contributed by atoms with van der Waals surface area (Å²) in [5.41, 5.74) is 1.72. The molecule has 0 N–H and O–H groups in total. The Morgan fingerprint density at radius 2 is 2.05 bits per heavy atom. The van der Waals surface area contributed by atoms with Gasteiger partial charge in [0.15, 0.2) is 5.78 Å². The van der Waals surface area contributed by atoms with Gasteiger partial charge in [-0.05, 0) is 42.3 Å². The lowest BCUT2D eigenvalue weighted by molar-refractivity contribution is 0.0991. The highest BCUT2D eigenvalue weighted by Gasteiger charge is 2.20. The topological polar surface area (TPSA) is 26.3 Å². The molecule has 4 heteroatoms. The second kappa shape index (κ2) is 5.28. The number of fused-ring (bicyclic) bond motifs is 1. The van der Waals surface area contributed by atoms with E-state index in [1.54, 1.807) is 18.2 Å². The van der Waals surface area contributed by atoms with Gasteiger partial charge in [0, 0.05) is 24.5 Å². The van der Waals surface area contributed by atoms with Crippen LogP contribution in [-0.2, 0) is 12.8 Å². The standard InChI is InChI=1S/C17H14F2O2/c1-10-6-13-7-12(3-5-17(13)21-10)16(20)8-11-2-4-14(18)9-15(11)19/h2-5,7,9-10H,6,8H2,1H3. The largest absolute Gasteiger partial charge is 0.490 e. The lowest BCUT2D eigenvalue weighted by Gasteiger charge is -2.05. The maximum atomic E-state index is 13.6. The van der Waals surface area contributed by atoms with Crippen molar-refractivity contribution in [2.24, 2.45) is 0 Å². The van der Waals surface area contributed by atoms with Gasteiger partial charge < -0.3 is 4.74 Å². The second-order valence-electron chi connectivity index (χ2n) is 5.29. The third-order valence-corrected chi connectivity index (χ3v) is 3.58. The molecule has 1 aliphatic rings. The molecular weight excluding hydrogens is 274 g/mol. The van der Waals surface area contributed by atoms with Crippen LogP contribution >= 0.6 is 0 Å². The molecule has 0 amide bonds. The van der Waals surface area contributed by atoms with E-state index in [0.29, 0.717) is 5.56 Å². The number of benzene rings is 2. The molecule has 1 unspecified atom stereocenters. The Bertz CT molecular complexity index is 710. The fourth-order valence-electron chi connectivity index (χ4n) is 2.54. The molecule has 108 valence electrons. The van der Waals surface area contributed by atoms with Gasteiger partial charge in [-0.15, -0.1) is 0 Å². The van der Waals surface area contributed by atoms with Crippen molar-refractivity contribution in [1.29, 1.82) is 0 Å². The molecule has 0 saturated carbocycles. The minimum absolute atomic E-state index is 0.0820. The highest BCUT2D eigenvalue weighted by Crippen LogP contribution is 2.29. The van der Waals surface area contributed by atoms with E-state index in [0.717, 1.165) is 29.9 Å². The Morgan fingerprint density at radius 1 is 1.24 bits per heavy atom. The van der Waals surface area contributed by atoms with E-state index in [2.05, 4.69) is 0 Å². The minimum Gasteiger partial charge on any atom is -0.490 e. The molecule has 1 aliphatic heterocycles. The summed E-state index contributed by atoms with van der Waals surface area (Å²) in [6.45, 7) is 1.97. The molecule has 3 rings (SSSR count). The number of halogens is 2. The van der Waals surface area contributed by atoms with Crippen molar-refractivity contribution < 1.29 is 18.3 Å². The quantitative estimate of drug-likeness (QED) is 0.805. The van der Waals surface area contributed by atoms with Crippen molar-refractivity contribution in [2.45, 2.75) is 25.9 Å². The molecule has 2 nitrogen and oxygen atoms in total. The van der Waals surface area contributed by atoms with Crippen LogP contribution in [0.4, 0.5) is 8.78 Å². The Hall–Kier alpha value is -2.23. The fourth-order valence-corrected chi connectivity index (χ4v) is 2.54. The summed E-state index contributed by atoms with van der Waals surface area (Å²) in [5.74, 6) is -0.733. The number of carbonyl (C=O) groups is 1. The summed E-state index contributed by atoms with van der Waals surface area (Å²) >= 11 is 0. The zero-order valence-electron chi connectivity index (χ0n) is 11.5. The number of ketones is 1. The highest BCUT2D eigenvalue weighted by atomic mass is 19.1. The molecule has 1 heterocycles. The first-order valence-electron chi connectivity index (χ1n) is 6.79. The molecule has 0 spiro atoms. The zero-order valence-corrected chi connectivity index (χ0v) is 11.5. The molecule has 0 fully saturated rings. The van der Waals surface area contributed by atoms with Crippen LogP contribution in [-0.4, -0.2) is 11.9 Å². The molecule has 0 radical (unpaired) electrons. The maximum absolute atomic E-state index is 13.6. The summed E-state index contributed by atoms with van der Waals surface area (Å²) in [7, 11) is 0. The van der Waals surface area contributed by atoms with Crippen molar-refractivity contribution in [1.82, 2.24) is 0 Å². The molecule has 0 saturated heterocycles. The molecule has 0 aliphatic carbocycles. The average Bonchev–Trinajstić information content (AvgIpc) is 2.80. The van der Waals surface area contributed by atoms with E-state index in [4.69, 9.17) is 4.74 Å². The summed E-state index contributed by atoms with van der Waals surface area (Å²) < 4.78 is 32.0. The summed E-state index contributed by atoms with van der Waals surface area (Å²) in [4.78, 5) is 12.2. The summed E-state index contributed by atoms with van der Waals surface area (Å²) in [5, 5.41) is 0. The van der Waals surface area contributed by atoms with Crippen LogP contribution < -0.4 is 4.74 Å². The Morgan fingerprint density at radius 3 is 2.81 bits per heavy atom. The van der Waals surface area contributed by atoms with Crippen LogP contribution in [0.5, 0.6) is 5.75 Å². The van der Waals surface area contributed by atoms with Gasteiger partial charge in [0.25, 0.3) is 0 Å². The number of hydrogen-bond acceptors (Lipinski definition) is 2. The van der Waals surface area contributed by atoms with Crippen molar-refractivity contribution in [3.63, 3.8) is 0 Å². The van der Waals surface area contributed by atoms with Crippen LogP contribution in [0.2, 0.25) is 0 Å². The molecule has 2 aromatic carbocycles. The van der Waals surface area contributed by atoms with E-state index in [1.165, 1.54) is 6.07 Å². The Labute approximate surface area is 121 Å². The van der Waals surface area contributed by atoms with Crippen molar-refractivity contribution in [3.8, 4) is 5.75 Å². The Balaban J connectivity index is 1.81. The SMILES string of the molecule is CC1Cc2cc(C(=O)Cc3ccc(F)cc3F)ccc2O1. The van der Waals surface area contributed by atoms with Crippen LogP contribution in [0, 0.1) is 11.6 Å². The van der Waals surface area contributed by atoms with Gasteiger partial charge in [-0.3, -0.25) is 4.79 Å². The molecule has 1 atom stereocenters. The summed E-state index contributed by atoms with van der Waals surface area (Å²) in [6, 6.07) is 8.50. The fraction of sp³-hybridized carbons (Fsp3) is 0.235. The van der Waals surface area contributed by atoms with Crippen LogP contribution in [0.1, 0.15) is 28.4 Å². The van der Waals surface area contributed by atoms with Gasteiger partial charge in [0.2, 0.25) is 0 Å². The lowest BCUT2D eigenvalue weighted by Crippen LogP contribution is -2.06. The normalized spacial score (nSPS) is 16.4. The molecule has 2 aromatic rings. The van der Waals surface area contributed by atoms with Gasteiger partial charge in [0.1, 0.15) is 23.5 Å². The average molecular weight is 288 g/mol. The van der Waals surface area contributed by atoms with Crippen LogP contribution in [0.3, 0.4) is 0 Å². The third-order valence-electron chi connectivity index (χ3n) is 3.58. The smallest absolute Gasteiger partial charge is 0.167 e. The van der Waals surface area contributed by atoms with E-state index in [-0.39, 0.29) is 23.9 Å². The number of hydrogen-bond donors (Lipinski definition) is 0. The van der Waals surface area contributed by atoms with Crippen molar-refractivity contribution in [2.75, 3.05) is 0 Å². The van der Waals surface area contributed by atoms with Gasteiger partial charge in [-0.2, -0.15) is 0 Å². The predicted molar refractivity (Wildman–Crippen MR) is 74.6 cm³/mol. The van der Waals surface area contributed by atoms with Crippen LogP contribution in [0.25, 0.3) is 0 Å². The van der Waals surface area contributed by atoms with Gasteiger partial charge in [-0.1, -0.05) is 6.07 Å². The number of ether oxygens (including phenoxy) is 1. The monoisotopic (exact) mass is 288 g/mol. The first kappa shape index (κ1) is 13.7. The van der Waals surface area contributed by atoms with Gasteiger partial charge in [-0.25, -0.2) is 8.78 Å². The van der Waals surface area contributed by atoms with Crippen molar-refractivity contribution in [3.05, 3.63) is 64.7 Å². The summed E-state index contributed by atoms with van der Waals surface area (Å²) in [6.07, 6.45) is 0.794. The van der Waals surface area contributed by atoms with E-state index in [1.807, 2.05) is 6.92 Å². The molecule has 0 aromatic heterocycles. The zero-order chi connectivity index (χ0) is 15.0. The first-order valence-corrected chi connectivity index (χ1v) is 6.79. The third kappa shape index (κ3) is 2.79. The van der Waals surface area contributed by atoms with Gasteiger partial charge in [0.05, 0.1) is 0 Å². The minimum atomic E-state index is -0.693. The molecule has 21 heavy (non-hydrogen) atoms. The van der Waals surface area contributed by atoms with Gasteiger partial charge >= 0.3 is 0 Å². The molecular formula is C17H14F2O2. The van der Waals surface area contributed by atoms with E-state index < -0.39 is 11.6 Å². The Kier molecular flexibility index (Phi) is 3.45. The second-order valence-corrected chi connectivity index (χ2v) is 5.29.